The zero-order chi connectivity index (χ0) is 13.4. The molecule has 3 heteroatoms. The van der Waals surface area contributed by atoms with Gasteiger partial charge in [-0.1, -0.05) is 24.3 Å². The number of aryl methyl sites for hydroxylation is 1. The standard InChI is InChI=1S/C17H18O3/c1-2-12(4-5-15-9-19-15)17-7-6-14(8-13(17)3-1)18-10-16-11-20-16/h1-3,6-8,15-16H,4-5,9-11H2. The van der Waals surface area contributed by atoms with Gasteiger partial charge < -0.3 is 14.2 Å². The van der Waals surface area contributed by atoms with Gasteiger partial charge in [0, 0.05) is 0 Å². The fourth-order valence-electron chi connectivity index (χ4n) is 2.54. The monoisotopic (exact) mass is 270 g/mol. The number of hydrogen-bond donors (Lipinski definition) is 0. The van der Waals surface area contributed by atoms with Crippen molar-refractivity contribution in [2.24, 2.45) is 0 Å². The van der Waals surface area contributed by atoms with Crippen LogP contribution in [-0.2, 0) is 15.9 Å². The number of ether oxygens (including phenoxy) is 3. The van der Waals surface area contributed by atoms with Crippen LogP contribution in [0.3, 0.4) is 0 Å². The highest BCUT2D eigenvalue weighted by molar-refractivity contribution is 5.87. The summed E-state index contributed by atoms with van der Waals surface area (Å²) < 4.78 is 16.2. The molecule has 2 fully saturated rings. The molecule has 4 rings (SSSR count). The first kappa shape index (κ1) is 12.2. The Bertz CT molecular complexity index is 615. The molecule has 0 aliphatic carbocycles. The van der Waals surface area contributed by atoms with Gasteiger partial charge in [0.05, 0.1) is 19.3 Å². The Morgan fingerprint density at radius 1 is 1.05 bits per heavy atom. The van der Waals surface area contributed by atoms with Crippen LogP contribution in [0.1, 0.15) is 12.0 Å². The van der Waals surface area contributed by atoms with Crippen LogP contribution in [0.15, 0.2) is 36.4 Å². The smallest absolute Gasteiger partial charge is 0.120 e. The summed E-state index contributed by atoms with van der Waals surface area (Å²) in [4.78, 5) is 0. The minimum atomic E-state index is 0.301. The predicted molar refractivity (Wildman–Crippen MR) is 77.2 cm³/mol. The second-order valence-electron chi connectivity index (χ2n) is 5.56. The Balaban J connectivity index is 1.54. The summed E-state index contributed by atoms with van der Waals surface area (Å²) in [6.45, 7) is 2.43. The molecule has 0 amide bonds. The van der Waals surface area contributed by atoms with Crippen molar-refractivity contribution in [1.29, 1.82) is 0 Å². The van der Waals surface area contributed by atoms with E-state index >= 15 is 0 Å². The largest absolute Gasteiger partial charge is 0.491 e. The Hall–Kier alpha value is -1.58. The summed E-state index contributed by atoms with van der Waals surface area (Å²) >= 11 is 0. The molecule has 104 valence electrons. The molecular weight excluding hydrogens is 252 g/mol. The van der Waals surface area contributed by atoms with Crippen molar-refractivity contribution in [1.82, 2.24) is 0 Å². The van der Waals surface area contributed by atoms with Crippen molar-refractivity contribution in [2.75, 3.05) is 19.8 Å². The number of epoxide rings is 2. The third-order valence-electron chi connectivity index (χ3n) is 3.92. The average molecular weight is 270 g/mol. The molecule has 0 spiro atoms. The van der Waals surface area contributed by atoms with Gasteiger partial charge in [0.1, 0.15) is 18.5 Å². The SMILES string of the molecule is c1cc(CCC2CO2)c2ccc(OCC3CO3)cc2c1. The minimum Gasteiger partial charge on any atom is -0.491 e. The highest BCUT2D eigenvalue weighted by atomic mass is 16.6. The van der Waals surface area contributed by atoms with Crippen LogP contribution in [0.2, 0.25) is 0 Å². The number of rotatable bonds is 6. The van der Waals surface area contributed by atoms with Gasteiger partial charge in [-0.3, -0.25) is 0 Å². The molecule has 0 radical (unpaired) electrons. The van der Waals surface area contributed by atoms with Crippen LogP contribution in [0, 0.1) is 0 Å². The van der Waals surface area contributed by atoms with E-state index in [0.29, 0.717) is 18.8 Å². The van der Waals surface area contributed by atoms with E-state index in [-0.39, 0.29) is 0 Å². The second-order valence-corrected chi connectivity index (χ2v) is 5.56. The van der Waals surface area contributed by atoms with Gasteiger partial charge in [0.15, 0.2) is 0 Å². The van der Waals surface area contributed by atoms with Crippen molar-refractivity contribution in [3.63, 3.8) is 0 Å². The van der Waals surface area contributed by atoms with Crippen LogP contribution < -0.4 is 4.74 Å². The average Bonchev–Trinajstić information content (AvgIpc) is 3.37. The fourth-order valence-corrected chi connectivity index (χ4v) is 2.54. The van der Waals surface area contributed by atoms with Gasteiger partial charge in [-0.05, 0) is 41.3 Å². The second kappa shape index (κ2) is 5.08. The van der Waals surface area contributed by atoms with Gasteiger partial charge in [-0.2, -0.15) is 0 Å². The highest BCUT2D eigenvalue weighted by Gasteiger charge is 2.23. The van der Waals surface area contributed by atoms with Crippen LogP contribution in [0.4, 0.5) is 0 Å². The van der Waals surface area contributed by atoms with Gasteiger partial charge in [0.25, 0.3) is 0 Å². The zero-order valence-electron chi connectivity index (χ0n) is 11.4. The molecule has 2 aromatic rings. The van der Waals surface area contributed by atoms with E-state index in [9.17, 15) is 0 Å². The maximum Gasteiger partial charge on any atom is 0.120 e. The molecule has 2 heterocycles. The van der Waals surface area contributed by atoms with E-state index in [1.54, 1.807) is 0 Å². The lowest BCUT2D eigenvalue weighted by molar-refractivity contribution is 0.263. The molecule has 2 aliphatic heterocycles. The molecule has 0 N–H and O–H groups in total. The van der Waals surface area contributed by atoms with E-state index in [0.717, 1.165) is 31.8 Å². The lowest BCUT2D eigenvalue weighted by Gasteiger charge is -2.09. The predicted octanol–water partition coefficient (Wildman–Crippen LogP) is 2.95. The van der Waals surface area contributed by atoms with Crippen molar-refractivity contribution in [3.05, 3.63) is 42.0 Å². The molecule has 2 atom stereocenters. The van der Waals surface area contributed by atoms with Gasteiger partial charge in [-0.15, -0.1) is 0 Å². The first-order chi connectivity index (χ1) is 9.88. The summed E-state index contributed by atoms with van der Waals surface area (Å²) in [5.41, 5.74) is 1.40. The Kier molecular flexibility index (Phi) is 3.09. The molecule has 0 saturated carbocycles. The van der Waals surface area contributed by atoms with Crippen LogP contribution in [-0.4, -0.2) is 32.0 Å². The van der Waals surface area contributed by atoms with E-state index < -0.39 is 0 Å². The summed E-state index contributed by atoms with van der Waals surface area (Å²) in [6.07, 6.45) is 3.00. The van der Waals surface area contributed by atoms with E-state index in [4.69, 9.17) is 14.2 Å². The Morgan fingerprint density at radius 2 is 1.90 bits per heavy atom. The molecule has 2 unspecified atom stereocenters. The molecule has 2 aliphatic rings. The Morgan fingerprint density at radius 3 is 2.70 bits per heavy atom. The number of benzene rings is 2. The molecule has 20 heavy (non-hydrogen) atoms. The van der Waals surface area contributed by atoms with E-state index in [1.807, 2.05) is 0 Å². The summed E-state index contributed by atoms with van der Waals surface area (Å²) in [6, 6.07) is 12.8. The molecule has 0 bridgehead atoms. The van der Waals surface area contributed by atoms with Crippen LogP contribution in [0.25, 0.3) is 10.8 Å². The quantitative estimate of drug-likeness (QED) is 0.757. The summed E-state index contributed by atoms with van der Waals surface area (Å²) in [5.74, 6) is 0.927. The molecular formula is C17H18O3. The van der Waals surface area contributed by atoms with Crippen LogP contribution >= 0.6 is 0 Å². The van der Waals surface area contributed by atoms with Crippen molar-refractivity contribution in [2.45, 2.75) is 25.0 Å². The van der Waals surface area contributed by atoms with Gasteiger partial charge in [0.2, 0.25) is 0 Å². The Labute approximate surface area is 118 Å². The maximum atomic E-state index is 5.74. The first-order valence-electron chi connectivity index (χ1n) is 7.26. The molecule has 2 saturated heterocycles. The molecule has 3 nitrogen and oxygen atoms in total. The number of fused-ring (bicyclic) bond motifs is 1. The lowest BCUT2D eigenvalue weighted by atomic mass is 10.00. The van der Waals surface area contributed by atoms with E-state index in [2.05, 4.69) is 36.4 Å². The molecule has 2 aromatic carbocycles. The lowest BCUT2D eigenvalue weighted by Crippen LogP contribution is -2.03. The third-order valence-corrected chi connectivity index (χ3v) is 3.92. The van der Waals surface area contributed by atoms with Crippen molar-refractivity contribution >= 4 is 10.8 Å². The minimum absolute atomic E-state index is 0.301. The maximum absolute atomic E-state index is 5.74. The fraction of sp³-hybridized carbons (Fsp3) is 0.412. The number of hydrogen-bond acceptors (Lipinski definition) is 3. The first-order valence-corrected chi connectivity index (χ1v) is 7.26. The van der Waals surface area contributed by atoms with Crippen molar-refractivity contribution < 1.29 is 14.2 Å². The molecule has 0 aromatic heterocycles. The topological polar surface area (TPSA) is 34.3 Å². The zero-order valence-corrected chi connectivity index (χ0v) is 11.4. The van der Waals surface area contributed by atoms with Gasteiger partial charge >= 0.3 is 0 Å². The third kappa shape index (κ3) is 2.79. The normalized spacial score (nSPS) is 23.8. The van der Waals surface area contributed by atoms with Gasteiger partial charge in [-0.25, -0.2) is 0 Å². The van der Waals surface area contributed by atoms with Crippen molar-refractivity contribution in [3.8, 4) is 5.75 Å². The van der Waals surface area contributed by atoms with E-state index in [1.165, 1.54) is 16.3 Å². The van der Waals surface area contributed by atoms with Crippen LogP contribution in [0.5, 0.6) is 5.75 Å². The highest BCUT2D eigenvalue weighted by Crippen LogP contribution is 2.27. The summed E-state index contributed by atoms with van der Waals surface area (Å²) in [7, 11) is 0. The summed E-state index contributed by atoms with van der Waals surface area (Å²) in [5, 5.41) is 2.57.